The first kappa shape index (κ1) is 24.6. The van der Waals surface area contributed by atoms with E-state index in [9.17, 15) is 9.90 Å². The summed E-state index contributed by atoms with van der Waals surface area (Å²) in [6, 6.07) is 9.09. The zero-order valence-corrected chi connectivity index (χ0v) is 21.1. The molecule has 0 amide bonds. The lowest BCUT2D eigenvalue weighted by Crippen LogP contribution is -2.28. The number of methoxy groups -OCH3 is 1. The number of thioether (sulfide) groups is 1. The fourth-order valence-electron chi connectivity index (χ4n) is 4.11. The molecule has 0 radical (unpaired) electrons. The first-order chi connectivity index (χ1) is 15.9. The van der Waals surface area contributed by atoms with Gasteiger partial charge >= 0.3 is 0 Å². The molecule has 1 aliphatic heterocycles. The molecule has 0 spiro atoms. The summed E-state index contributed by atoms with van der Waals surface area (Å²) in [5.74, 6) is 0.132. The summed E-state index contributed by atoms with van der Waals surface area (Å²) in [5.41, 5.74) is 1.46. The van der Waals surface area contributed by atoms with E-state index in [0.717, 1.165) is 30.3 Å². The minimum atomic E-state index is -0.320. The normalized spacial score (nSPS) is 19.6. The van der Waals surface area contributed by atoms with Crippen LogP contribution < -0.4 is 10.1 Å². The van der Waals surface area contributed by atoms with Gasteiger partial charge in [-0.15, -0.1) is 0 Å². The number of Topliss-reactive ketones (excluding diaryl/α,β-unsaturated/α-hetero) is 1. The number of aliphatic hydroxyl groups excluding tert-OH is 1. The highest BCUT2D eigenvalue weighted by atomic mass is 35.5. The molecule has 0 bridgehead atoms. The Balaban J connectivity index is 1.58. The van der Waals surface area contributed by atoms with Gasteiger partial charge in [0.05, 0.1) is 27.7 Å². The number of aliphatic hydroxyl groups is 1. The molecule has 2 aromatic carbocycles. The second-order valence-electron chi connectivity index (χ2n) is 8.06. The van der Waals surface area contributed by atoms with Crippen LogP contribution in [0.3, 0.4) is 0 Å². The van der Waals surface area contributed by atoms with Crippen LogP contribution in [0.1, 0.15) is 37.2 Å². The van der Waals surface area contributed by atoms with Crippen molar-refractivity contribution in [3.05, 3.63) is 61.6 Å². The van der Waals surface area contributed by atoms with Crippen LogP contribution in [0.4, 0.5) is 5.69 Å². The van der Waals surface area contributed by atoms with Crippen molar-refractivity contribution in [2.24, 2.45) is 0 Å². The quantitative estimate of drug-likeness (QED) is 0.411. The average Bonchev–Trinajstić information content (AvgIpc) is 2.80. The molecule has 1 unspecified atom stereocenters. The molecule has 0 aromatic heterocycles. The number of carbonyl (C=O) groups excluding carboxylic acids is 1. The molecule has 1 fully saturated rings. The Morgan fingerprint density at radius 3 is 2.52 bits per heavy atom. The number of nitrogens with one attached hydrogen (secondary N) is 1. The third-order valence-electron chi connectivity index (χ3n) is 5.85. The van der Waals surface area contributed by atoms with E-state index in [0.29, 0.717) is 44.5 Å². The van der Waals surface area contributed by atoms with Crippen LogP contribution in [0.5, 0.6) is 5.75 Å². The Labute approximate surface area is 212 Å². The number of halogens is 3. The zero-order valence-electron chi connectivity index (χ0n) is 18.0. The predicted molar refractivity (Wildman–Crippen MR) is 134 cm³/mol. The topological polar surface area (TPSA) is 67.8 Å². The lowest BCUT2D eigenvalue weighted by molar-refractivity contribution is -0.115. The maximum Gasteiger partial charge on any atom is 0.173 e. The molecule has 2 aliphatic rings. The standard InChI is InChI=1S/C24H24Cl3NO4S/c1-31-15-2-3-16(25)21(12-15)33-24-19(29)10-13(11-20(24)30)22-17(26)4-5-18(23(22)27)28-14-6-8-32-9-7-14/h2-5,12-14,28-29H,6-11H2,1H3. The van der Waals surface area contributed by atoms with E-state index in [2.05, 4.69) is 5.32 Å². The number of carbonyl (C=O) groups is 1. The maximum absolute atomic E-state index is 13.1. The number of anilines is 1. The number of ketones is 1. The van der Waals surface area contributed by atoms with Gasteiger partial charge in [-0.1, -0.05) is 46.6 Å². The molecule has 2 aromatic rings. The van der Waals surface area contributed by atoms with Crippen LogP contribution in [0.2, 0.25) is 15.1 Å². The van der Waals surface area contributed by atoms with E-state index in [1.165, 1.54) is 0 Å². The van der Waals surface area contributed by atoms with E-state index < -0.39 is 0 Å². The number of rotatable bonds is 6. The van der Waals surface area contributed by atoms with Gasteiger partial charge in [-0.3, -0.25) is 4.79 Å². The second kappa shape index (κ2) is 10.8. The third-order valence-corrected chi connectivity index (χ3v) is 8.26. The number of hydrogen-bond donors (Lipinski definition) is 2. The molecule has 1 saturated heterocycles. The van der Waals surface area contributed by atoms with Crippen molar-refractivity contribution in [2.75, 3.05) is 25.6 Å². The highest BCUT2D eigenvalue weighted by Crippen LogP contribution is 2.47. The lowest BCUT2D eigenvalue weighted by atomic mass is 9.85. The number of benzene rings is 2. The van der Waals surface area contributed by atoms with Crippen LogP contribution in [-0.4, -0.2) is 37.3 Å². The second-order valence-corrected chi connectivity index (χ2v) is 10.3. The Bertz CT molecular complexity index is 1090. The zero-order chi connectivity index (χ0) is 23.5. The average molecular weight is 529 g/mol. The van der Waals surface area contributed by atoms with Crippen LogP contribution >= 0.6 is 46.6 Å². The number of hydrogen-bond acceptors (Lipinski definition) is 6. The smallest absolute Gasteiger partial charge is 0.173 e. The summed E-state index contributed by atoms with van der Waals surface area (Å²) in [7, 11) is 1.56. The first-order valence-electron chi connectivity index (χ1n) is 10.7. The first-order valence-corrected chi connectivity index (χ1v) is 12.6. The maximum atomic E-state index is 13.1. The molecular formula is C24H24Cl3NO4S. The molecule has 33 heavy (non-hydrogen) atoms. The van der Waals surface area contributed by atoms with E-state index >= 15 is 0 Å². The van der Waals surface area contributed by atoms with Crippen molar-refractivity contribution in [3.8, 4) is 5.75 Å². The summed E-state index contributed by atoms with van der Waals surface area (Å²) in [5, 5.41) is 15.7. The van der Waals surface area contributed by atoms with E-state index in [1.807, 2.05) is 6.07 Å². The summed E-state index contributed by atoms with van der Waals surface area (Å²) in [4.78, 5) is 14.0. The fraction of sp³-hybridized carbons (Fsp3) is 0.375. The van der Waals surface area contributed by atoms with Crippen molar-refractivity contribution in [3.63, 3.8) is 0 Å². The van der Waals surface area contributed by atoms with Gasteiger partial charge in [0, 0.05) is 47.9 Å². The molecule has 176 valence electrons. The Morgan fingerprint density at radius 2 is 1.82 bits per heavy atom. The van der Waals surface area contributed by atoms with Crippen molar-refractivity contribution in [1.29, 1.82) is 0 Å². The van der Waals surface area contributed by atoms with E-state index in [4.69, 9.17) is 44.3 Å². The molecule has 0 saturated carbocycles. The van der Waals surface area contributed by atoms with Crippen LogP contribution in [0, 0.1) is 0 Å². The summed E-state index contributed by atoms with van der Waals surface area (Å²) < 4.78 is 10.7. The van der Waals surface area contributed by atoms with Crippen molar-refractivity contribution < 1.29 is 19.4 Å². The molecule has 5 nitrogen and oxygen atoms in total. The molecule has 2 N–H and O–H groups in total. The van der Waals surface area contributed by atoms with Gasteiger partial charge in [0.25, 0.3) is 0 Å². The van der Waals surface area contributed by atoms with Crippen LogP contribution in [0.15, 0.2) is 45.9 Å². The monoisotopic (exact) mass is 527 g/mol. The number of allylic oxidation sites excluding steroid dienone is 2. The van der Waals surface area contributed by atoms with E-state index in [-0.39, 0.29) is 41.2 Å². The Kier molecular flexibility index (Phi) is 8.03. The Hall–Kier alpha value is -1.57. The van der Waals surface area contributed by atoms with Crippen molar-refractivity contribution >= 4 is 58.0 Å². The minimum Gasteiger partial charge on any atom is -0.511 e. The molecule has 1 aliphatic carbocycles. The van der Waals surface area contributed by atoms with Gasteiger partial charge in [0.1, 0.15) is 11.5 Å². The number of ether oxygens (including phenoxy) is 2. The lowest BCUT2D eigenvalue weighted by Gasteiger charge is -2.28. The summed E-state index contributed by atoms with van der Waals surface area (Å²) in [6.07, 6.45) is 2.24. The summed E-state index contributed by atoms with van der Waals surface area (Å²) in [6.45, 7) is 1.42. The van der Waals surface area contributed by atoms with Gasteiger partial charge < -0.3 is 19.9 Å². The highest BCUT2D eigenvalue weighted by molar-refractivity contribution is 8.04. The van der Waals surface area contributed by atoms with Gasteiger partial charge in [-0.25, -0.2) is 0 Å². The SMILES string of the molecule is COc1ccc(Cl)c(SC2=C(O)CC(c3c(Cl)ccc(NC4CCOCC4)c3Cl)CC2=O)c1. The Morgan fingerprint density at radius 1 is 1.09 bits per heavy atom. The molecule has 9 heteroatoms. The van der Waals surface area contributed by atoms with Gasteiger partial charge in [-0.05, 0) is 48.7 Å². The van der Waals surface area contributed by atoms with Crippen LogP contribution in [0.25, 0.3) is 0 Å². The molecule has 1 atom stereocenters. The predicted octanol–water partition coefficient (Wildman–Crippen LogP) is 7.25. The van der Waals surface area contributed by atoms with E-state index in [1.54, 1.807) is 31.4 Å². The van der Waals surface area contributed by atoms with Gasteiger partial charge in [0.2, 0.25) is 0 Å². The molecule has 4 rings (SSSR count). The van der Waals surface area contributed by atoms with Crippen LogP contribution in [-0.2, 0) is 9.53 Å². The van der Waals surface area contributed by atoms with Crippen molar-refractivity contribution in [2.45, 2.75) is 42.5 Å². The molecule has 1 heterocycles. The molecular weight excluding hydrogens is 505 g/mol. The highest BCUT2D eigenvalue weighted by Gasteiger charge is 2.33. The van der Waals surface area contributed by atoms with Gasteiger partial charge in [0.15, 0.2) is 5.78 Å². The summed E-state index contributed by atoms with van der Waals surface area (Å²) >= 11 is 20.7. The largest absolute Gasteiger partial charge is 0.511 e. The van der Waals surface area contributed by atoms with Crippen molar-refractivity contribution in [1.82, 2.24) is 0 Å². The van der Waals surface area contributed by atoms with Gasteiger partial charge in [-0.2, -0.15) is 0 Å². The third kappa shape index (κ3) is 5.57. The minimum absolute atomic E-state index is 0.00932. The fourth-order valence-corrected chi connectivity index (χ4v) is 6.04.